The van der Waals surface area contributed by atoms with Crippen LogP contribution in [0.25, 0.3) is 10.9 Å². The second kappa shape index (κ2) is 8.19. The van der Waals surface area contributed by atoms with Crippen LogP contribution in [0.1, 0.15) is 22.7 Å². The third-order valence-electron chi connectivity index (χ3n) is 4.96. The molecule has 4 aromatic rings. The van der Waals surface area contributed by atoms with E-state index in [9.17, 15) is 9.59 Å². The number of fused-ring (bicyclic) bond motifs is 1. The van der Waals surface area contributed by atoms with Crippen molar-refractivity contribution in [2.24, 2.45) is 0 Å². The normalized spacial score (nSPS) is 11.9. The second-order valence-electron chi connectivity index (χ2n) is 6.85. The molecule has 1 N–H and O–H groups in total. The minimum absolute atomic E-state index is 0.172. The van der Waals surface area contributed by atoms with Crippen molar-refractivity contribution < 1.29 is 0 Å². The minimum Gasteiger partial charge on any atom is -0.307 e. The molecule has 0 spiro atoms. The van der Waals surface area contributed by atoms with E-state index in [1.165, 1.54) is 16.7 Å². The van der Waals surface area contributed by atoms with Gasteiger partial charge in [0.05, 0.1) is 33.6 Å². The lowest BCUT2D eigenvalue weighted by Crippen LogP contribution is -2.39. The summed E-state index contributed by atoms with van der Waals surface area (Å²) in [6, 6.07) is 20.9. The van der Waals surface area contributed by atoms with Gasteiger partial charge in [-0.15, -0.1) is 0 Å². The monoisotopic (exact) mass is 435 g/mol. The smallest absolute Gasteiger partial charge is 0.307 e. The Bertz CT molecular complexity index is 1390. The number of H-pyrrole nitrogens is 1. The molecule has 0 aliphatic heterocycles. The number of hydrogen-bond acceptors (Lipinski definition) is 3. The summed E-state index contributed by atoms with van der Waals surface area (Å²) in [5.74, 6) is 0. The third-order valence-corrected chi connectivity index (χ3v) is 5.47. The Morgan fingerprint density at radius 3 is 2.37 bits per heavy atom. The van der Waals surface area contributed by atoms with Gasteiger partial charge >= 0.3 is 5.69 Å². The maximum Gasteiger partial charge on any atom is 0.329 e. The highest BCUT2D eigenvalue weighted by atomic mass is 35.5. The third kappa shape index (κ3) is 3.76. The van der Waals surface area contributed by atoms with Crippen LogP contribution >= 0.6 is 23.2 Å². The Morgan fingerprint density at radius 1 is 1.00 bits per heavy atom. The Hall–Kier alpha value is -3.33. The van der Waals surface area contributed by atoms with Crippen molar-refractivity contribution in [3.05, 3.63) is 114 Å². The van der Waals surface area contributed by atoms with Gasteiger partial charge in [0.2, 0.25) is 0 Å². The number of nitrogens with one attached hydrogen (secondary N) is 1. The number of benzene rings is 3. The topological polar surface area (TPSA) is 78.7 Å². The number of nitriles is 1. The Balaban J connectivity index is 1.96. The molecule has 0 amide bonds. The standard InChI is InChI=1S/C23H15Cl2N3O2/c24-17-11-18(25)21-19(12-17)27-23(30)28(22(21)29)20(10-14-4-2-1-3-5-14)16-8-6-15(13-26)7-9-16/h1-9,11-12,20H,10H2,(H,27,30). The molecule has 0 aliphatic carbocycles. The van der Waals surface area contributed by atoms with Gasteiger partial charge in [-0.2, -0.15) is 5.26 Å². The molecule has 148 valence electrons. The van der Waals surface area contributed by atoms with Crippen molar-refractivity contribution in [2.45, 2.75) is 12.5 Å². The summed E-state index contributed by atoms with van der Waals surface area (Å²) in [5, 5.41) is 9.79. The van der Waals surface area contributed by atoms with Crippen molar-refractivity contribution in [3.8, 4) is 6.07 Å². The molecule has 1 unspecified atom stereocenters. The van der Waals surface area contributed by atoms with E-state index in [-0.39, 0.29) is 15.9 Å². The first-order valence-corrected chi connectivity index (χ1v) is 9.91. The molecule has 1 heterocycles. The molecular weight excluding hydrogens is 421 g/mol. The summed E-state index contributed by atoms with van der Waals surface area (Å²) >= 11 is 12.3. The maximum atomic E-state index is 13.4. The molecular formula is C23H15Cl2N3O2. The van der Waals surface area contributed by atoms with E-state index in [4.69, 9.17) is 28.5 Å². The van der Waals surface area contributed by atoms with Crippen molar-refractivity contribution in [2.75, 3.05) is 0 Å². The molecule has 1 atom stereocenters. The van der Waals surface area contributed by atoms with E-state index >= 15 is 0 Å². The van der Waals surface area contributed by atoms with Gasteiger partial charge in [0.15, 0.2) is 0 Å². The van der Waals surface area contributed by atoms with Crippen LogP contribution in [0.2, 0.25) is 10.0 Å². The zero-order chi connectivity index (χ0) is 21.3. The number of rotatable bonds is 4. The quantitative estimate of drug-likeness (QED) is 0.504. The molecule has 30 heavy (non-hydrogen) atoms. The molecule has 0 radical (unpaired) electrons. The predicted octanol–water partition coefficient (Wildman–Crippen LogP) is 4.70. The Kier molecular flexibility index (Phi) is 5.45. The van der Waals surface area contributed by atoms with Gasteiger partial charge in [0.25, 0.3) is 5.56 Å². The Labute approximate surface area is 181 Å². The van der Waals surface area contributed by atoms with E-state index in [0.29, 0.717) is 17.0 Å². The number of aromatic amines is 1. The van der Waals surface area contributed by atoms with Gasteiger partial charge in [-0.3, -0.25) is 9.36 Å². The fourth-order valence-electron chi connectivity index (χ4n) is 3.54. The minimum atomic E-state index is -0.590. The number of nitrogens with zero attached hydrogens (tertiary/aromatic N) is 2. The van der Waals surface area contributed by atoms with Crippen LogP contribution in [0.3, 0.4) is 0 Å². The van der Waals surface area contributed by atoms with Crippen LogP contribution in [-0.2, 0) is 6.42 Å². The molecule has 0 saturated heterocycles. The van der Waals surface area contributed by atoms with Crippen molar-refractivity contribution in [1.29, 1.82) is 5.26 Å². The highest BCUT2D eigenvalue weighted by molar-refractivity contribution is 6.38. The van der Waals surface area contributed by atoms with Crippen LogP contribution in [0.15, 0.2) is 76.3 Å². The number of halogens is 2. The van der Waals surface area contributed by atoms with Gasteiger partial charge in [-0.05, 0) is 41.8 Å². The lowest BCUT2D eigenvalue weighted by atomic mass is 9.97. The molecule has 0 fully saturated rings. The molecule has 3 aromatic carbocycles. The van der Waals surface area contributed by atoms with Crippen molar-refractivity contribution in [3.63, 3.8) is 0 Å². The first-order chi connectivity index (χ1) is 14.5. The van der Waals surface area contributed by atoms with Gasteiger partial charge in [0, 0.05) is 5.02 Å². The van der Waals surface area contributed by atoms with Gasteiger partial charge < -0.3 is 4.98 Å². The van der Waals surface area contributed by atoms with Gasteiger partial charge in [-0.1, -0.05) is 65.7 Å². The van der Waals surface area contributed by atoms with Gasteiger partial charge in [0.1, 0.15) is 0 Å². The highest BCUT2D eigenvalue weighted by Gasteiger charge is 2.21. The van der Waals surface area contributed by atoms with Gasteiger partial charge in [-0.25, -0.2) is 4.79 Å². The summed E-state index contributed by atoms with van der Waals surface area (Å²) < 4.78 is 1.18. The average Bonchev–Trinajstić information content (AvgIpc) is 2.73. The van der Waals surface area contributed by atoms with Crippen molar-refractivity contribution in [1.82, 2.24) is 9.55 Å². The van der Waals surface area contributed by atoms with Crippen LogP contribution in [0.4, 0.5) is 0 Å². The van der Waals surface area contributed by atoms with Crippen LogP contribution in [0.5, 0.6) is 0 Å². The number of aromatic nitrogens is 2. The summed E-state index contributed by atoms with van der Waals surface area (Å²) in [5.41, 5.74) is 1.42. The number of hydrogen-bond donors (Lipinski definition) is 1. The van der Waals surface area contributed by atoms with Crippen LogP contribution < -0.4 is 11.2 Å². The zero-order valence-corrected chi connectivity index (χ0v) is 17.1. The van der Waals surface area contributed by atoms with E-state index in [2.05, 4.69) is 11.1 Å². The van der Waals surface area contributed by atoms with E-state index < -0.39 is 17.3 Å². The van der Waals surface area contributed by atoms with E-state index in [1.54, 1.807) is 24.3 Å². The SMILES string of the molecule is N#Cc1ccc(C(Cc2ccccc2)n2c(=O)[nH]c3cc(Cl)cc(Cl)c3c2=O)cc1. The van der Waals surface area contributed by atoms with E-state index in [0.717, 1.165) is 11.1 Å². The summed E-state index contributed by atoms with van der Waals surface area (Å²) in [7, 11) is 0. The summed E-state index contributed by atoms with van der Waals surface area (Å²) in [6.45, 7) is 0. The molecule has 0 aliphatic rings. The first kappa shape index (κ1) is 20.0. The Morgan fingerprint density at radius 2 is 1.70 bits per heavy atom. The van der Waals surface area contributed by atoms with E-state index in [1.807, 2.05) is 30.3 Å². The largest absolute Gasteiger partial charge is 0.329 e. The predicted molar refractivity (Wildman–Crippen MR) is 118 cm³/mol. The zero-order valence-electron chi connectivity index (χ0n) is 15.6. The maximum absolute atomic E-state index is 13.4. The molecule has 1 aromatic heterocycles. The average molecular weight is 436 g/mol. The highest BCUT2D eigenvalue weighted by Crippen LogP contribution is 2.26. The van der Waals surface area contributed by atoms with Crippen LogP contribution in [-0.4, -0.2) is 9.55 Å². The lowest BCUT2D eigenvalue weighted by molar-refractivity contribution is 0.538. The lowest BCUT2D eigenvalue weighted by Gasteiger charge is -2.20. The molecule has 7 heteroatoms. The molecule has 0 saturated carbocycles. The molecule has 0 bridgehead atoms. The first-order valence-electron chi connectivity index (χ1n) is 9.15. The summed E-state index contributed by atoms with van der Waals surface area (Å²) in [4.78, 5) is 29.1. The fourth-order valence-corrected chi connectivity index (χ4v) is 4.11. The summed E-state index contributed by atoms with van der Waals surface area (Å²) in [6.07, 6.45) is 0.409. The second-order valence-corrected chi connectivity index (χ2v) is 7.70. The molecule has 4 rings (SSSR count). The van der Waals surface area contributed by atoms with Crippen molar-refractivity contribution >= 4 is 34.1 Å². The molecule has 5 nitrogen and oxygen atoms in total. The fraction of sp³-hybridized carbons (Fsp3) is 0.0870. The van der Waals surface area contributed by atoms with Crippen LogP contribution in [0, 0.1) is 11.3 Å².